The number of phenolic OH excluding ortho intramolecular Hbond substituents is 1. The molecule has 1 N–H and O–H groups in total. The quantitative estimate of drug-likeness (QED) is 0.849. The number of methoxy groups -OCH3 is 3. The van der Waals surface area contributed by atoms with Crippen molar-refractivity contribution in [1.82, 2.24) is 0 Å². The van der Waals surface area contributed by atoms with E-state index in [2.05, 4.69) is 0 Å². The molecule has 0 atom stereocenters. The molecule has 1 heterocycles. The molecule has 3 rings (SSSR count). The first-order chi connectivity index (χ1) is 11.7. The van der Waals surface area contributed by atoms with Gasteiger partial charge in [0.2, 0.25) is 18.3 Å². The van der Waals surface area contributed by atoms with Crippen molar-refractivity contribution >= 4 is 12.2 Å². The van der Waals surface area contributed by atoms with E-state index in [1.54, 1.807) is 26.4 Å². The van der Waals surface area contributed by atoms with E-state index >= 15 is 0 Å². The number of aromatic hydroxyl groups is 1. The molecule has 0 bridgehead atoms. The Balaban J connectivity index is 1.99. The molecule has 126 valence electrons. The van der Waals surface area contributed by atoms with Crippen molar-refractivity contribution in [1.29, 1.82) is 0 Å². The van der Waals surface area contributed by atoms with Gasteiger partial charge in [0.05, 0.1) is 21.3 Å². The fourth-order valence-electron chi connectivity index (χ4n) is 2.53. The molecular weight excluding hydrogens is 312 g/mol. The summed E-state index contributed by atoms with van der Waals surface area (Å²) in [7, 11) is 4.62. The van der Waals surface area contributed by atoms with E-state index < -0.39 is 0 Å². The van der Waals surface area contributed by atoms with Crippen LogP contribution in [0.2, 0.25) is 0 Å². The van der Waals surface area contributed by atoms with Crippen LogP contribution in [-0.2, 0) is 0 Å². The minimum absolute atomic E-state index is 0.0786. The van der Waals surface area contributed by atoms with Crippen molar-refractivity contribution in [3.63, 3.8) is 0 Å². The Labute approximate surface area is 139 Å². The van der Waals surface area contributed by atoms with Crippen LogP contribution >= 0.6 is 0 Å². The predicted octanol–water partition coefficient (Wildman–Crippen LogP) is 3.32. The summed E-state index contributed by atoms with van der Waals surface area (Å²) >= 11 is 0. The highest BCUT2D eigenvalue weighted by molar-refractivity contribution is 5.78. The molecule has 2 aromatic rings. The molecule has 0 spiro atoms. The first-order valence-electron chi connectivity index (χ1n) is 7.27. The zero-order valence-electron chi connectivity index (χ0n) is 13.7. The number of hydrogen-bond acceptors (Lipinski definition) is 6. The first-order valence-corrected chi connectivity index (χ1v) is 7.27. The minimum Gasteiger partial charge on any atom is -0.504 e. The summed E-state index contributed by atoms with van der Waals surface area (Å²) < 4.78 is 26.8. The third-order valence-corrected chi connectivity index (χ3v) is 3.67. The van der Waals surface area contributed by atoms with Crippen LogP contribution in [0.1, 0.15) is 11.1 Å². The van der Waals surface area contributed by atoms with Gasteiger partial charge in [-0.05, 0) is 23.8 Å². The van der Waals surface area contributed by atoms with E-state index in [1.807, 2.05) is 24.3 Å². The van der Waals surface area contributed by atoms with E-state index in [-0.39, 0.29) is 12.5 Å². The van der Waals surface area contributed by atoms with E-state index in [9.17, 15) is 5.11 Å². The SMILES string of the molecule is COc1ccc(/C=C/c2cc3c(c(OC)c2OC)OCO3)cc1O. The molecule has 6 heteroatoms. The van der Waals surface area contributed by atoms with Crippen molar-refractivity contribution < 1.29 is 28.8 Å². The Kier molecular flexibility index (Phi) is 4.37. The largest absolute Gasteiger partial charge is 0.504 e. The number of rotatable bonds is 5. The van der Waals surface area contributed by atoms with Crippen molar-refractivity contribution in [2.45, 2.75) is 0 Å². The Hall–Kier alpha value is -3.02. The second-order valence-electron chi connectivity index (χ2n) is 5.03. The van der Waals surface area contributed by atoms with Crippen molar-refractivity contribution in [2.24, 2.45) is 0 Å². The molecule has 0 saturated heterocycles. The summed E-state index contributed by atoms with van der Waals surface area (Å²) in [6.45, 7) is 0.147. The van der Waals surface area contributed by atoms with Gasteiger partial charge in [-0.25, -0.2) is 0 Å². The molecule has 0 aromatic heterocycles. The lowest BCUT2D eigenvalue weighted by Crippen LogP contribution is -1.95. The molecular formula is C18H18O6. The van der Waals surface area contributed by atoms with Crippen LogP contribution in [0.5, 0.6) is 34.5 Å². The van der Waals surface area contributed by atoms with Crippen molar-refractivity contribution in [3.8, 4) is 34.5 Å². The summed E-state index contributed by atoms with van der Waals surface area (Å²) in [6, 6.07) is 6.98. The summed E-state index contributed by atoms with van der Waals surface area (Å²) in [5.41, 5.74) is 1.58. The number of fused-ring (bicyclic) bond motifs is 1. The van der Waals surface area contributed by atoms with Crippen LogP contribution < -0.4 is 23.7 Å². The van der Waals surface area contributed by atoms with Gasteiger partial charge in [0.15, 0.2) is 23.0 Å². The average molecular weight is 330 g/mol. The van der Waals surface area contributed by atoms with Crippen LogP contribution in [0.4, 0.5) is 0 Å². The predicted molar refractivity (Wildman–Crippen MR) is 89.3 cm³/mol. The van der Waals surface area contributed by atoms with E-state index in [0.717, 1.165) is 11.1 Å². The zero-order chi connectivity index (χ0) is 17.1. The highest BCUT2D eigenvalue weighted by Gasteiger charge is 2.25. The number of phenols is 1. The Morgan fingerprint density at radius 1 is 0.958 bits per heavy atom. The maximum atomic E-state index is 9.86. The van der Waals surface area contributed by atoms with Gasteiger partial charge >= 0.3 is 0 Å². The number of ether oxygens (including phenoxy) is 5. The summed E-state index contributed by atoms with van der Waals surface area (Å²) in [5, 5.41) is 9.86. The summed E-state index contributed by atoms with van der Waals surface area (Å²) in [6.07, 6.45) is 3.70. The fraction of sp³-hybridized carbons (Fsp3) is 0.222. The monoisotopic (exact) mass is 330 g/mol. The van der Waals surface area contributed by atoms with Gasteiger partial charge in [0.25, 0.3) is 0 Å². The lowest BCUT2D eigenvalue weighted by molar-refractivity contribution is 0.170. The number of benzene rings is 2. The molecule has 24 heavy (non-hydrogen) atoms. The molecule has 1 aliphatic rings. The lowest BCUT2D eigenvalue weighted by atomic mass is 10.1. The summed E-state index contributed by atoms with van der Waals surface area (Å²) in [4.78, 5) is 0. The highest BCUT2D eigenvalue weighted by atomic mass is 16.7. The Bertz CT molecular complexity index is 782. The Morgan fingerprint density at radius 2 is 1.75 bits per heavy atom. The van der Waals surface area contributed by atoms with Gasteiger partial charge in [0, 0.05) is 5.56 Å². The van der Waals surface area contributed by atoms with Crippen LogP contribution in [0.3, 0.4) is 0 Å². The van der Waals surface area contributed by atoms with Gasteiger partial charge in [-0.1, -0.05) is 18.2 Å². The fourth-order valence-corrected chi connectivity index (χ4v) is 2.53. The average Bonchev–Trinajstić information content (AvgIpc) is 3.06. The second kappa shape index (κ2) is 6.62. The highest BCUT2D eigenvalue weighted by Crippen LogP contribution is 2.49. The van der Waals surface area contributed by atoms with E-state index in [4.69, 9.17) is 23.7 Å². The smallest absolute Gasteiger partial charge is 0.231 e. The molecule has 2 aromatic carbocycles. The van der Waals surface area contributed by atoms with E-state index in [1.165, 1.54) is 7.11 Å². The second-order valence-corrected chi connectivity index (χ2v) is 5.03. The molecule has 0 unspecified atom stereocenters. The standard InChI is InChI=1S/C18H18O6/c1-20-14-7-5-11(8-13(14)19)4-6-12-9-15-17(24-10-23-15)18(22-3)16(12)21-2/h4-9,19H,10H2,1-3H3/b6-4+. The number of hydrogen-bond donors (Lipinski definition) is 1. The van der Waals surface area contributed by atoms with Gasteiger partial charge in [0.1, 0.15) is 0 Å². The Morgan fingerprint density at radius 3 is 2.42 bits per heavy atom. The van der Waals surface area contributed by atoms with Crippen molar-refractivity contribution in [2.75, 3.05) is 28.1 Å². The van der Waals surface area contributed by atoms with Crippen LogP contribution in [-0.4, -0.2) is 33.2 Å². The minimum atomic E-state index is 0.0786. The summed E-state index contributed by atoms with van der Waals surface area (Å²) in [5.74, 6) is 2.68. The normalized spacial score (nSPS) is 12.5. The molecule has 0 aliphatic carbocycles. The molecule has 0 amide bonds. The van der Waals surface area contributed by atoms with Gasteiger partial charge in [-0.15, -0.1) is 0 Å². The maximum Gasteiger partial charge on any atom is 0.231 e. The topological polar surface area (TPSA) is 66.4 Å². The third kappa shape index (κ3) is 2.78. The lowest BCUT2D eigenvalue weighted by Gasteiger charge is -2.13. The molecule has 1 aliphatic heterocycles. The molecule has 0 saturated carbocycles. The molecule has 0 fully saturated rings. The molecule has 0 radical (unpaired) electrons. The van der Waals surface area contributed by atoms with Crippen LogP contribution in [0.15, 0.2) is 24.3 Å². The van der Waals surface area contributed by atoms with Gasteiger partial charge in [-0.2, -0.15) is 0 Å². The van der Waals surface area contributed by atoms with Crippen LogP contribution in [0, 0.1) is 0 Å². The van der Waals surface area contributed by atoms with Crippen LogP contribution in [0.25, 0.3) is 12.2 Å². The zero-order valence-corrected chi connectivity index (χ0v) is 13.7. The van der Waals surface area contributed by atoms with Crippen molar-refractivity contribution in [3.05, 3.63) is 35.4 Å². The third-order valence-electron chi connectivity index (χ3n) is 3.67. The first kappa shape index (κ1) is 15.9. The van der Waals surface area contributed by atoms with Gasteiger partial charge in [-0.3, -0.25) is 0 Å². The molecule has 6 nitrogen and oxygen atoms in total. The van der Waals surface area contributed by atoms with Gasteiger partial charge < -0.3 is 28.8 Å². The maximum absolute atomic E-state index is 9.86. The van der Waals surface area contributed by atoms with E-state index in [0.29, 0.717) is 28.7 Å².